The third kappa shape index (κ3) is 3.66. The van der Waals surface area contributed by atoms with E-state index in [1.54, 1.807) is 0 Å². The lowest BCUT2D eigenvalue weighted by atomic mass is 9.88. The highest BCUT2D eigenvalue weighted by atomic mass is 16.6. The highest BCUT2D eigenvalue weighted by Gasteiger charge is 2.25. The molecule has 21 heavy (non-hydrogen) atoms. The molecule has 8 nitrogen and oxygen atoms in total. The fourth-order valence-electron chi connectivity index (χ4n) is 2.40. The van der Waals surface area contributed by atoms with Crippen LogP contribution in [0.3, 0.4) is 0 Å². The standard InChI is InChI=1S/C13H17N3O5/c14-12(18)11-5-9(16(19)20)6-15-13(11)21-10-3-1-8(7-17)2-4-10/h5-6,8,10,17H,1-4,7H2,(H2,14,18). The first kappa shape index (κ1) is 15.2. The van der Waals surface area contributed by atoms with Gasteiger partial charge < -0.3 is 15.6 Å². The summed E-state index contributed by atoms with van der Waals surface area (Å²) in [5.74, 6) is -0.504. The number of nitrogens with two attached hydrogens (primary N) is 1. The average molecular weight is 295 g/mol. The Kier molecular flexibility index (Phi) is 4.69. The van der Waals surface area contributed by atoms with Crippen LogP contribution in [0.5, 0.6) is 5.88 Å². The van der Waals surface area contributed by atoms with E-state index in [0.29, 0.717) is 0 Å². The van der Waals surface area contributed by atoms with Gasteiger partial charge in [-0.15, -0.1) is 0 Å². The Bertz CT molecular complexity index is 541. The van der Waals surface area contributed by atoms with Crippen LogP contribution < -0.4 is 10.5 Å². The molecule has 3 N–H and O–H groups in total. The van der Waals surface area contributed by atoms with Crippen molar-refractivity contribution < 1.29 is 19.6 Å². The number of ether oxygens (including phenoxy) is 1. The van der Waals surface area contributed by atoms with E-state index >= 15 is 0 Å². The van der Waals surface area contributed by atoms with Gasteiger partial charge in [0, 0.05) is 12.7 Å². The monoisotopic (exact) mass is 295 g/mol. The molecule has 1 heterocycles. The molecule has 0 bridgehead atoms. The number of pyridine rings is 1. The number of carbonyl (C=O) groups excluding carboxylic acids is 1. The van der Waals surface area contributed by atoms with Crippen LogP contribution in [0.15, 0.2) is 12.3 Å². The van der Waals surface area contributed by atoms with E-state index in [-0.39, 0.29) is 35.8 Å². The molecule has 114 valence electrons. The number of carbonyl (C=O) groups is 1. The van der Waals surface area contributed by atoms with E-state index in [1.165, 1.54) is 0 Å². The van der Waals surface area contributed by atoms with E-state index in [1.807, 2.05) is 0 Å². The summed E-state index contributed by atoms with van der Waals surface area (Å²) in [5, 5.41) is 19.8. The molecule has 1 aliphatic carbocycles. The van der Waals surface area contributed by atoms with Crippen molar-refractivity contribution in [2.75, 3.05) is 6.61 Å². The van der Waals surface area contributed by atoms with Crippen molar-refractivity contribution in [3.63, 3.8) is 0 Å². The molecular weight excluding hydrogens is 278 g/mol. The van der Waals surface area contributed by atoms with Crippen LogP contribution in [0.4, 0.5) is 5.69 Å². The van der Waals surface area contributed by atoms with Gasteiger partial charge in [-0.3, -0.25) is 14.9 Å². The molecule has 8 heteroatoms. The van der Waals surface area contributed by atoms with Crippen LogP contribution in [-0.4, -0.2) is 33.6 Å². The van der Waals surface area contributed by atoms with E-state index < -0.39 is 10.8 Å². The second-order valence-electron chi connectivity index (χ2n) is 5.11. The smallest absolute Gasteiger partial charge is 0.288 e. The summed E-state index contributed by atoms with van der Waals surface area (Å²) in [4.78, 5) is 25.3. The van der Waals surface area contributed by atoms with Gasteiger partial charge in [-0.1, -0.05) is 0 Å². The number of amides is 1. The van der Waals surface area contributed by atoms with Crippen molar-refractivity contribution in [2.24, 2.45) is 11.7 Å². The molecule has 0 unspecified atom stereocenters. The zero-order valence-electron chi connectivity index (χ0n) is 11.4. The summed E-state index contributed by atoms with van der Waals surface area (Å²) in [6, 6.07) is 1.07. The van der Waals surface area contributed by atoms with E-state index in [2.05, 4.69) is 4.98 Å². The van der Waals surface area contributed by atoms with Crippen molar-refractivity contribution in [1.29, 1.82) is 0 Å². The number of aliphatic hydroxyl groups is 1. The number of primary amides is 1. The van der Waals surface area contributed by atoms with Crippen molar-refractivity contribution in [3.05, 3.63) is 27.9 Å². The number of nitro groups is 1. The summed E-state index contributed by atoms with van der Waals surface area (Å²) < 4.78 is 5.66. The van der Waals surface area contributed by atoms with Gasteiger partial charge in [0.15, 0.2) is 0 Å². The largest absolute Gasteiger partial charge is 0.474 e. The Morgan fingerprint density at radius 2 is 2.14 bits per heavy atom. The molecule has 1 aromatic rings. The third-order valence-electron chi connectivity index (χ3n) is 3.64. The Labute approximate surface area is 121 Å². The van der Waals surface area contributed by atoms with Gasteiger partial charge in [-0.2, -0.15) is 0 Å². The Hall–Kier alpha value is -2.22. The minimum atomic E-state index is -0.815. The quantitative estimate of drug-likeness (QED) is 0.616. The SMILES string of the molecule is NC(=O)c1cc([N+](=O)[O-])cnc1OC1CCC(CO)CC1. The first-order chi connectivity index (χ1) is 10.0. The van der Waals surface area contributed by atoms with Crippen molar-refractivity contribution >= 4 is 11.6 Å². The number of aliphatic hydroxyl groups excluding tert-OH is 1. The van der Waals surface area contributed by atoms with E-state index in [4.69, 9.17) is 15.6 Å². The minimum absolute atomic E-state index is 0.0283. The van der Waals surface area contributed by atoms with Crippen molar-refractivity contribution in [2.45, 2.75) is 31.8 Å². The minimum Gasteiger partial charge on any atom is -0.474 e. The van der Waals surface area contributed by atoms with Gasteiger partial charge in [0.1, 0.15) is 17.9 Å². The molecule has 1 saturated carbocycles. The van der Waals surface area contributed by atoms with Crippen LogP contribution in [0.2, 0.25) is 0 Å². The molecule has 0 spiro atoms. The Morgan fingerprint density at radius 3 is 2.67 bits per heavy atom. The molecule has 0 atom stereocenters. The van der Waals surface area contributed by atoms with Gasteiger partial charge in [-0.05, 0) is 31.6 Å². The predicted octanol–water partition coefficient (Wildman–Crippen LogP) is 1.02. The molecule has 1 fully saturated rings. The highest BCUT2D eigenvalue weighted by Crippen LogP contribution is 2.29. The maximum Gasteiger partial charge on any atom is 0.288 e. The maximum absolute atomic E-state index is 11.4. The van der Waals surface area contributed by atoms with Gasteiger partial charge in [-0.25, -0.2) is 4.98 Å². The van der Waals surface area contributed by atoms with Crippen LogP contribution in [0.1, 0.15) is 36.0 Å². The van der Waals surface area contributed by atoms with Gasteiger partial charge in [0.05, 0.1) is 4.92 Å². The molecule has 0 aromatic carbocycles. The zero-order valence-corrected chi connectivity index (χ0v) is 11.4. The summed E-state index contributed by atoms with van der Waals surface area (Å²) in [7, 11) is 0. The van der Waals surface area contributed by atoms with Crippen molar-refractivity contribution in [3.8, 4) is 5.88 Å². The van der Waals surface area contributed by atoms with Crippen LogP contribution in [0.25, 0.3) is 0 Å². The van der Waals surface area contributed by atoms with Crippen LogP contribution in [0, 0.1) is 16.0 Å². The van der Waals surface area contributed by atoms with Crippen molar-refractivity contribution in [1.82, 2.24) is 4.98 Å². The molecule has 0 aliphatic heterocycles. The van der Waals surface area contributed by atoms with Crippen LogP contribution >= 0.6 is 0 Å². The highest BCUT2D eigenvalue weighted by molar-refractivity contribution is 5.95. The first-order valence-corrected chi connectivity index (χ1v) is 6.73. The molecule has 1 amide bonds. The lowest BCUT2D eigenvalue weighted by Crippen LogP contribution is -2.27. The predicted molar refractivity (Wildman–Crippen MR) is 72.9 cm³/mol. The fourth-order valence-corrected chi connectivity index (χ4v) is 2.40. The van der Waals surface area contributed by atoms with Crippen LogP contribution in [-0.2, 0) is 0 Å². The second-order valence-corrected chi connectivity index (χ2v) is 5.11. The molecule has 0 radical (unpaired) electrons. The van der Waals surface area contributed by atoms with E-state index in [9.17, 15) is 14.9 Å². The van der Waals surface area contributed by atoms with E-state index in [0.717, 1.165) is 37.9 Å². The van der Waals surface area contributed by atoms with Gasteiger partial charge in [0.25, 0.3) is 11.6 Å². The normalized spacial score (nSPS) is 21.8. The summed E-state index contributed by atoms with van der Waals surface area (Å²) in [6.07, 6.45) is 4.06. The lowest BCUT2D eigenvalue weighted by Gasteiger charge is -2.27. The molecule has 0 saturated heterocycles. The number of rotatable bonds is 5. The topological polar surface area (TPSA) is 129 Å². The maximum atomic E-state index is 11.4. The first-order valence-electron chi connectivity index (χ1n) is 6.73. The number of nitrogens with zero attached hydrogens (tertiary/aromatic N) is 2. The second kappa shape index (κ2) is 6.49. The lowest BCUT2D eigenvalue weighted by molar-refractivity contribution is -0.385. The Morgan fingerprint density at radius 1 is 1.48 bits per heavy atom. The zero-order chi connectivity index (χ0) is 15.4. The number of hydrogen-bond donors (Lipinski definition) is 2. The summed E-state index contributed by atoms with van der Waals surface area (Å²) >= 11 is 0. The van der Waals surface area contributed by atoms with Gasteiger partial charge in [0.2, 0.25) is 5.88 Å². The molecule has 1 aromatic heterocycles. The number of hydrogen-bond acceptors (Lipinski definition) is 6. The Balaban J connectivity index is 2.13. The summed E-state index contributed by atoms with van der Waals surface area (Å²) in [6.45, 7) is 0.162. The number of aromatic nitrogens is 1. The molecule has 2 rings (SSSR count). The molecular formula is C13H17N3O5. The molecule has 1 aliphatic rings. The summed E-state index contributed by atoms with van der Waals surface area (Å²) in [5.41, 5.74) is 4.82. The average Bonchev–Trinajstić information content (AvgIpc) is 2.48. The fraction of sp³-hybridized carbons (Fsp3) is 0.538. The van der Waals surface area contributed by atoms with Gasteiger partial charge >= 0.3 is 0 Å². The third-order valence-corrected chi connectivity index (χ3v) is 3.64.